The van der Waals surface area contributed by atoms with E-state index in [-0.39, 0.29) is 5.97 Å². The predicted molar refractivity (Wildman–Crippen MR) is 77.4 cm³/mol. The first kappa shape index (κ1) is 16.2. The molecule has 0 radical (unpaired) electrons. The number of ether oxygens (including phenoxy) is 2. The Labute approximate surface area is 120 Å². The van der Waals surface area contributed by atoms with Crippen molar-refractivity contribution in [1.29, 1.82) is 0 Å². The van der Waals surface area contributed by atoms with Crippen LogP contribution in [0, 0.1) is 0 Å². The molecule has 0 aliphatic heterocycles. The monoisotopic (exact) mass is 278 g/mol. The molecule has 0 aromatic heterocycles. The Morgan fingerprint density at radius 2 is 1.90 bits per heavy atom. The summed E-state index contributed by atoms with van der Waals surface area (Å²) in [7, 11) is 1.48. The first-order chi connectivity index (χ1) is 9.71. The Hall–Kier alpha value is -1.84. The van der Waals surface area contributed by atoms with E-state index in [1.807, 2.05) is 0 Å². The Morgan fingerprint density at radius 3 is 2.55 bits per heavy atom. The quantitative estimate of drug-likeness (QED) is 0.298. The highest BCUT2D eigenvalue weighted by atomic mass is 16.6. The normalized spacial score (nSPS) is 10.1. The number of benzene rings is 1. The van der Waals surface area contributed by atoms with Crippen molar-refractivity contribution in [3.8, 4) is 11.5 Å². The second kappa shape index (κ2) is 9.13. The molecule has 0 atom stereocenters. The molecule has 0 fully saturated rings. The molecular formula is C16H22O4. The molecule has 0 amide bonds. The highest BCUT2D eigenvalue weighted by molar-refractivity contribution is 5.78. The van der Waals surface area contributed by atoms with Crippen LogP contribution >= 0.6 is 0 Å². The van der Waals surface area contributed by atoms with Gasteiger partial charge in [0.15, 0.2) is 11.5 Å². The second-order valence-electron chi connectivity index (χ2n) is 4.67. The van der Waals surface area contributed by atoms with E-state index in [9.17, 15) is 9.59 Å². The Kier molecular flexibility index (Phi) is 7.40. The summed E-state index contributed by atoms with van der Waals surface area (Å²) in [5.41, 5.74) is 0.487. The topological polar surface area (TPSA) is 52.6 Å². The van der Waals surface area contributed by atoms with Gasteiger partial charge in [-0.05, 0) is 24.6 Å². The third-order valence-corrected chi connectivity index (χ3v) is 3.03. The van der Waals surface area contributed by atoms with Crippen molar-refractivity contribution >= 4 is 12.3 Å². The number of hydrogen-bond donors (Lipinski definition) is 0. The molecule has 4 heteroatoms. The van der Waals surface area contributed by atoms with Gasteiger partial charge in [0.25, 0.3) is 0 Å². The summed E-state index contributed by atoms with van der Waals surface area (Å²) >= 11 is 0. The van der Waals surface area contributed by atoms with Gasteiger partial charge in [0, 0.05) is 12.0 Å². The summed E-state index contributed by atoms with van der Waals surface area (Å²) in [6.45, 7) is 2.16. The molecule has 1 aromatic rings. The predicted octanol–water partition coefficient (Wildman–Crippen LogP) is 3.77. The third-order valence-electron chi connectivity index (χ3n) is 3.03. The van der Waals surface area contributed by atoms with Gasteiger partial charge in [0.1, 0.15) is 6.29 Å². The number of rotatable bonds is 9. The van der Waals surface area contributed by atoms with E-state index in [0.717, 1.165) is 25.5 Å². The zero-order chi connectivity index (χ0) is 14.8. The maximum absolute atomic E-state index is 11.7. The maximum atomic E-state index is 11.7. The highest BCUT2D eigenvalue weighted by Gasteiger charge is 2.10. The van der Waals surface area contributed by atoms with Crippen LogP contribution in [0.5, 0.6) is 11.5 Å². The van der Waals surface area contributed by atoms with E-state index >= 15 is 0 Å². The summed E-state index contributed by atoms with van der Waals surface area (Å²) in [5.74, 6) is 0.490. The highest BCUT2D eigenvalue weighted by Crippen LogP contribution is 2.28. The molecule has 0 aliphatic rings. The van der Waals surface area contributed by atoms with E-state index in [0.29, 0.717) is 23.5 Å². The Balaban J connectivity index is 2.47. The fourth-order valence-electron chi connectivity index (χ4n) is 1.89. The van der Waals surface area contributed by atoms with E-state index in [4.69, 9.17) is 9.47 Å². The Bertz CT molecular complexity index is 440. The van der Waals surface area contributed by atoms with Crippen LogP contribution in [0.2, 0.25) is 0 Å². The van der Waals surface area contributed by atoms with Gasteiger partial charge in [-0.15, -0.1) is 0 Å². The van der Waals surface area contributed by atoms with Crippen LogP contribution < -0.4 is 9.47 Å². The van der Waals surface area contributed by atoms with Crippen molar-refractivity contribution in [3.05, 3.63) is 23.8 Å². The van der Waals surface area contributed by atoms with Crippen LogP contribution in [0.1, 0.15) is 55.8 Å². The number of carbonyl (C=O) groups is 2. The van der Waals surface area contributed by atoms with E-state index in [2.05, 4.69) is 6.92 Å². The SMILES string of the molecule is CCCCCCCC(=O)Oc1ccc(C=O)cc1OC. The zero-order valence-corrected chi connectivity index (χ0v) is 12.2. The van der Waals surface area contributed by atoms with Crippen LogP contribution in [0.15, 0.2) is 18.2 Å². The number of unbranched alkanes of at least 4 members (excludes halogenated alkanes) is 4. The van der Waals surface area contributed by atoms with E-state index < -0.39 is 0 Å². The number of esters is 1. The third kappa shape index (κ3) is 5.43. The van der Waals surface area contributed by atoms with Gasteiger partial charge in [0.2, 0.25) is 0 Å². The molecule has 0 unspecified atom stereocenters. The number of carbonyl (C=O) groups excluding carboxylic acids is 2. The number of hydrogen-bond acceptors (Lipinski definition) is 4. The standard InChI is InChI=1S/C16H22O4/c1-3-4-5-6-7-8-16(18)20-14-10-9-13(12-17)11-15(14)19-2/h9-12H,3-8H2,1-2H3. The summed E-state index contributed by atoms with van der Waals surface area (Å²) in [5, 5.41) is 0. The minimum absolute atomic E-state index is 0.265. The van der Waals surface area contributed by atoms with Crippen LogP contribution in [0.3, 0.4) is 0 Å². The lowest BCUT2D eigenvalue weighted by Gasteiger charge is -2.09. The van der Waals surface area contributed by atoms with Gasteiger partial charge >= 0.3 is 5.97 Å². The summed E-state index contributed by atoms with van der Waals surface area (Å²) < 4.78 is 10.4. The first-order valence-electron chi connectivity index (χ1n) is 7.05. The van der Waals surface area contributed by atoms with Gasteiger partial charge in [-0.25, -0.2) is 0 Å². The molecule has 1 aromatic carbocycles. The van der Waals surface area contributed by atoms with E-state index in [1.54, 1.807) is 18.2 Å². The van der Waals surface area contributed by atoms with Gasteiger partial charge in [-0.3, -0.25) is 9.59 Å². The van der Waals surface area contributed by atoms with Gasteiger partial charge < -0.3 is 9.47 Å². The summed E-state index contributed by atoms with van der Waals surface area (Å²) in [6.07, 6.45) is 6.56. The average Bonchev–Trinajstić information content (AvgIpc) is 2.47. The smallest absolute Gasteiger partial charge is 0.311 e. The zero-order valence-electron chi connectivity index (χ0n) is 12.2. The fourth-order valence-corrected chi connectivity index (χ4v) is 1.89. The van der Waals surface area contributed by atoms with Crippen LogP contribution in [0.25, 0.3) is 0 Å². The van der Waals surface area contributed by atoms with Gasteiger partial charge in [-0.1, -0.05) is 32.6 Å². The second-order valence-corrected chi connectivity index (χ2v) is 4.67. The molecule has 4 nitrogen and oxygen atoms in total. The molecule has 110 valence electrons. The van der Waals surface area contributed by atoms with Crippen molar-refractivity contribution in [2.24, 2.45) is 0 Å². The van der Waals surface area contributed by atoms with Crippen molar-refractivity contribution in [3.63, 3.8) is 0 Å². The lowest BCUT2D eigenvalue weighted by atomic mass is 10.1. The maximum Gasteiger partial charge on any atom is 0.311 e. The summed E-state index contributed by atoms with van der Waals surface area (Å²) in [6, 6.07) is 4.73. The molecule has 0 saturated heterocycles. The van der Waals surface area contributed by atoms with Crippen molar-refractivity contribution in [1.82, 2.24) is 0 Å². The minimum atomic E-state index is -0.265. The lowest BCUT2D eigenvalue weighted by molar-refractivity contribution is -0.134. The van der Waals surface area contributed by atoms with Crippen molar-refractivity contribution in [2.75, 3.05) is 7.11 Å². The largest absolute Gasteiger partial charge is 0.493 e. The lowest BCUT2D eigenvalue weighted by Crippen LogP contribution is -2.08. The molecule has 0 spiro atoms. The molecule has 20 heavy (non-hydrogen) atoms. The molecule has 0 heterocycles. The van der Waals surface area contributed by atoms with Gasteiger partial charge in [0.05, 0.1) is 7.11 Å². The Morgan fingerprint density at radius 1 is 1.15 bits per heavy atom. The average molecular weight is 278 g/mol. The minimum Gasteiger partial charge on any atom is -0.493 e. The van der Waals surface area contributed by atoms with E-state index in [1.165, 1.54) is 20.0 Å². The van der Waals surface area contributed by atoms with Crippen LogP contribution in [-0.4, -0.2) is 19.4 Å². The van der Waals surface area contributed by atoms with Crippen molar-refractivity contribution < 1.29 is 19.1 Å². The molecule has 0 saturated carbocycles. The molecule has 0 aliphatic carbocycles. The van der Waals surface area contributed by atoms with Crippen LogP contribution in [-0.2, 0) is 4.79 Å². The molecule has 1 rings (SSSR count). The number of methoxy groups -OCH3 is 1. The first-order valence-corrected chi connectivity index (χ1v) is 7.05. The fraction of sp³-hybridized carbons (Fsp3) is 0.500. The van der Waals surface area contributed by atoms with Gasteiger partial charge in [-0.2, -0.15) is 0 Å². The van der Waals surface area contributed by atoms with Crippen LogP contribution in [0.4, 0.5) is 0 Å². The molecular weight excluding hydrogens is 256 g/mol. The number of aldehydes is 1. The summed E-state index contributed by atoms with van der Waals surface area (Å²) in [4.78, 5) is 22.4. The molecule has 0 N–H and O–H groups in total. The molecule has 0 bridgehead atoms. The van der Waals surface area contributed by atoms with Crippen molar-refractivity contribution in [2.45, 2.75) is 45.4 Å².